The molecule has 54 valence electrons. The molecule has 0 saturated carbocycles. The van der Waals surface area contributed by atoms with Crippen LogP contribution in [0.15, 0.2) is 18.5 Å². The number of rotatable bonds is 0. The standard InChI is InChI=1S/C7H6BIN2/c8-4-1-5-6(9)3-11-7(5)10-2-4/h1-3H,8H2,(H,10,11). The predicted octanol–water partition coefficient (Wildman–Crippen LogP) is 0.426. The van der Waals surface area contributed by atoms with Crippen LogP contribution < -0.4 is 5.46 Å². The quantitative estimate of drug-likeness (QED) is 0.537. The minimum Gasteiger partial charge on any atom is -0.345 e. The van der Waals surface area contributed by atoms with Gasteiger partial charge in [-0.15, -0.1) is 0 Å². The second-order valence-electron chi connectivity index (χ2n) is 2.55. The lowest BCUT2D eigenvalue weighted by atomic mass is 9.98. The molecule has 2 aromatic heterocycles. The van der Waals surface area contributed by atoms with Crippen molar-refractivity contribution in [2.45, 2.75) is 0 Å². The van der Waals surface area contributed by atoms with Crippen molar-refractivity contribution in [2.75, 3.05) is 0 Å². The van der Waals surface area contributed by atoms with Gasteiger partial charge in [0.1, 0.15) is 13.5 Å². The normalized spacial score (nSPS) is 10.6. The van der Waals surface area contributed by atoms with Gasteiger partial charge in [-0.25, -0.2) is 4.98 Å². The summed E-state index contributed by atoms with van der Waals surface area (Å²) in [6.45, 7) is 0. The van der Waals surface area contributed by atoms with E-state index in [1.54, 1.807) is 0 Å². The SMILES string of the molecule is Bc1cnc2[nH]cc(I)c2c1. The highest BCUT2D eigenvalue weighted by Crippen LogP contribution is 2.15. The first-order valence-corrected chi connectivity index (χ1v) is 4.44. The minimum atomic E-state index is 0.972. The Kier molecular flexibility index (Phi) is 1.63. The molecule has 0 radical (unpaired) electrons. The zero-order valence-electron chi connectivity index (χ0n) is 6.06. The Hall–Kier alpha value is -0.515. The maximum absolute atomic E-state index is 4.24. The van der Waals surface area contributed by atoms with Gasteiger partial charge in [0.15, 0.2) is 0 Å². The van der Waals surface area contributed by atoms with Gasteiger partial charge in [-0.05, 0) is 22.6 Å². The lowest BCUT2D eigenvalue weighted by Gasteiger charge is -1.91. The van der Waals surface area contributed by atoms with E-state index in [1.165, 1.54) is 14.4 Å². The summed E-state index contributed by atoms with van der Waals surface area (Å²) in [6.07, 6.45) is 3.84. The van der Waals surface area contributed by atoms with Crippen LogP contribution in [0.1, 0.15) is 0 Å². The first kappa shape index (κ1) is 7.15. The zero-order valence-corrected chi connectivity index (χ0v) is 8.21. The molecule has 0 aliphatic rings. The fourth-order valence-corrected chi connectivity index (χ4v) is 1.64. The van der Waals surface area contributed by atoms with Crippen molar-refractivity contribution in [2.24, 2.45) is 0 Å². The summed E-state index contributed by atoms with van der Waals surface area (Å²) in [5.41, 5.74) is 2.18. The van der Waals surface area contributed by atoms with Crippen molar-refractivity contribution in [3.8, 4) is 0 Å². The fraction of sp³-hybridized carbons (Fsp3) is 0. The van der Waals surface area contributed by atoms with Gasteiger partial charge in [0.2, 0.25) is 0 Å². The topological polar surface area (TPSA) is 28.7 Å². The lowest BCUT2D eigenvalue weighted by molar-refractivity contribution is 1.33. The van der Waals surface area contributed by atoms with Crippen LogP contribution in [0.3, 0.4) is 0 Å². The van der Waals surface area contributed by atoms with Crippen molar-refractivity contribution < 1.29 is 0 Å². The van der Waals surface area contributed by atoms with E-state index < -0.39 is 0 Å². The van der Waals surface area contributed by atoms with Crippen LogP contribution in [0.4, 0.5) is 0 Å². The zero-order chi connectivity index (χ0) is 7.84. The highest BCUT2D eigenvalue weighted by molar-refractivity contribution is 14.1. The van der Waals surface area contributed by atoms with Gasteiger partial charge in [0, 0.05) is 21.4 Å². The molecule has 11 heavy (non-hydrogen) atoms. The molecule has 0 amide bonds. The Labute approximate surface area is 79.0 Å². The van der Waals surface area contributed by atoms with Crippen LogP contribution in [0.25, 0.3) is 11.0 Å². The van der Waals surface area contributed by atoms with E-state index in [2.05, 4.69) is 46.5 Å². The number of nitrogens with one attached hydrogen (secondary N) is 1. The minimum absolute atomic E-state index is 0.972. The molecule has 0 aromatic carbocycles. The number of pyridine rings is 1. The Morgan fingerprint density at radius 3 is 3.18 bits per heavy atom. The molecule has 2 rings (SSSR count). The van der Waals surface area contributed by atoms with Gasteiger partial charge in [0.25, 0.3) is 0 Å². The third-order valence-electron chi connectivity index (χ3n) is 1.62. The molecule has 0 spiro atoms. The molecule has 2 nitrogen and oxygen atoms in total. The second-order valence-corrected chi connectivity index (χ2v) is 3.71. The van der Waals surface area contributed by atoms with Crippen LogP contribution in [0.5, 0.6) is 0 Å². The number of fused-ring (bicyclic) bond motifs is 1. The molecule has 2 heterocycles. The molecule has 0 aliphatic carbocycles. The maximum atomic E-state index is 4.24. The average molecular weight is 256 g/mol. The first-order chi connectivity index (χ1) is 5.27. The molecule has 0 atom stereocenters. The Morgan fingerprint density at radius 2 is 2.36 bits per heavy atom. The smallest absolute Gasteiger partial charge is 0.141 e. The molecular formula is C7H6BIN2. The van der Waals surface area contributed by atoms with Gasteiger partial charge in [-0.2, -0.15) is 0 Å². The van der Waals surface area contributed by atoms with Crippen LogP contribution in [0, 0.1) is 3.57 Å². The monoisotopic (exact) mass is 256 g/mol. The third kappa shape index (κ3) is 1.15. The Morgan fingerprint density at radius 1 is 1.55 bits per heavy atom. The van der Waals surface area contributed by atoms with E-state index in [0.29, 0.717) is 0 Å². The lowest BCUT2D eigenvalue weighted by Crippen LogP contribution is -2.01. The largest absolute Gasteiger partial charge is 0.345 e. The van der Waals surface area contributed by atoms with Crippen molar-refractivity contribution in [1.82, 2.24) is 9.97 Å². The predicted molar refractivity (Wildman–Crippen MR) is 57.0 cm³/mol. The number of aromatic amines is 1. The number of H-pyrrole nitrogens is 1. The van der Waals surface area contributed by atoms with Gasteiger partial charge in [0.05, 0.1) is 0 Å². The van der Waals surface area contributed by atoms with Gasteiger partial charge >= 0.3 is 0 Å². The molecule has 0 unspecified atom stereocenters. The van der Waals surface area contributed by atoms with Crippen LogP contribution in [-0.2, 0) is 0 Å². The first-order valence-electron chi connectivity index (χ1n) is 3.36. The molecule has 0 fully saturated rings. The molecule has 4 heteroatoms. The molecule has 2 aromatic rings. The molecule has 1 N–H and O–H groups in total. The summed E-state index contributed by atoms with van der Waals surface area (Å²) < 4.78 is 1.23. The maximum Gasteiger partial charge on any atom is 0.141 e. The van der Waals surface area contributed by atoms with Crippen molar-refractivity contribution >= 4 is 46.9 Å². The van der Waals surface area contributed by atoms with Crippen LogP contribution in [-0.4, -0.2) is 17.8 Å². The summed E-state index contributed by atoms with van der Waals surface area (Å²) in [6, 6.07) is 2.14. The summed E-state index contributed by atoms with van der Waals surface area (Å²) in [5.74, 6) is 0. The number of hydrogen-bond donors (Lipinski definition) is 1. The Balaban J connectivity index is 2.87. The highest BCUT2D eigenvalue weighted by atomic mass is 127. The molecule has 0 bridgehead atoms. The van der Waals surface area contributed by atoms with Gasteiger partial charge < -0.3 is 4.98 Å². The summed E-state index contributed by atoms with van der Waals surface area (Å²) >= 11 is 2.30. The number of hydrogen-bond acceptors (Lipinski definition) is 1. The number of aromatic nitrogens is 2. The highest BCUT2D eigenvalue weighted by Gasteiger charge is 1.99. The second kappa shape index (κ2) is 2.51. The van der Waals surface area contributed by atoms with E-state index in [-0.39, 0.29) is 0 Å². The summed E-state index contributed by atoms with van der Waals surface area (Å²) in [7, 11) is 2.05. The summed E-state index contributed by atoms with van der Waals surface area (Å²) in [5, 5.41) is 1.21. The van der Waals surface area contributed by atoms with Gasteiger partial charge in [-0.3, -0.25) is 0 Å². The van der Waals surface area contributed by atoms with Crippen molar-refractivity contribution in [3.63, 3.8) is 0 Å². The van der Waals surface area contributed by atoms with E-state index in [0.717, 1.165) is 5.65 Å². The van der Waals surface area contributed by atoms with E-state index in [9.17, 15) is 0 Å². The van der Waals surface area contributed by atoms with Crippen LogP contribution >= 0.6 is 22.6 Å². The number of nitrogens with zero attached hydrogens (tertiary/aromatic N) is 1. The average Bonchev–Trinajstić information content (AvgIpc) is 2.33. The van der Waals surface area contributed by atoms with E-state index >= 15 is 0 Å². The van der Waals surface area contributed by atoms with Crippen molar-refractivity contribution in [3.05, 3.63) is 22.0 Å². The molecule has 0 saturated heterocycles. The fourth-order valence-electron chi connectivity index (χ4n) is 1.08. The summed E-state index contributed by atoms with van der Waals surface area (Å²) in [4.78, 5) is 7.34. The van der Waals surface area contributed by atoms with E-state index in [1.807, 2.05) is 12.4 Å². The van der Waals surface area contributed by atoms with Crippen molar-refractivity contribution in [1.29, 1.82) is 0 Å². The van der Waals surface area contributed by atoms with E-state index in [4.69, 9.17) is 0 Å². The third-order valence-corrected chi connectivity index (χ3v) is 2.51. The molecule has 0 aliphatic heterocycles. The van der Waals surface area contributed by atoms with Crippen LogP contribution in [0.2, 0.25) is 0 Å². The number of halogens is 1. The van der Waals surface area contributed by atoms with Gasteiger partial charge in [-0.1, -0.05) is 11.5 Å². The molecular weight excluding hydrogens is 250 g/mol. The Bertz CT molecular complexity index is 396.